The number of aryl methyl sites for hydroxylation is 2. The summed E-state index contributed by atoms with van der Waals surface area (Å²) in [5.74, 6) is -2.27. The number of H-pyrrole nitrogens is 1. The summed E-state index contributed by atoms with van der Waals surface area (Å²) < 4.78 is 31.7. The van der Waals surface area contributed by atoms with Crippen LogP contribution in [0.4, 0.5) is 19.0 Å². The highest BCUT2D eigenvalue weighted by Crippen LogP contribution is 2.17. The van der Waals surface area contributed by atoms with Crippen molar-refractivity contribution in [3.05, 3.63) is 46.6 Å². The molecule has 0 bridgehead atoms. The van der Waals surface area contributed by atoms with Crippen LogP contribution in [0.1, 0.15) is 17.7 Å². The Morgan fingerprint density at radius 1 is 1.32 bits per heavy atom. The second kappa shape index (κ2) is 9.07. The zero-order valence-corrected chi connectivity index (χ0v) is 13.8. The average molecular weight is 378 g/mol. The summed E-state index contributed by atoms with van der Waals surface area (Å²) in [6.45, 7) is 1.88. The molecule has 10 heteroatoms. The molecule has 0 unspecified atom stereocenters. The molecule has 0 saturated carbocycles. The Kier molecular flexibility index (Phi) is 7.43. The quantitative estimate of drug-likeness (QED) is 0.759. The number of carbonyl (C=O) groups excluding carboxylic acids is 1. The van der Waals surface area contributed by atoms with Crippen molar-refractivity contribution >= 4 is 29.3 Å². The Morgan fingerprint density at radius 3 is 2.40 bits per heavy atom. The smallest absolute Gasteiger partial charge is 0.475 e. The van der Waals surface area contributed by atoms with E-state index in [1.165, 1.54) is 0 Å². The van der Waals surface area contributed by atoms with Gasteiger partial charge in [0.25, 0.3) is 0 Å². The maximum atomic E-state index is 11.7. The molecule has 0 aliphatic carbocycles. The molecule has 0 aliphatic heterocycles. The van der Waals surface area contributed by atoms with Gasteiger partial charge in [-0.05, 0) is 25.0 Å². The number of aromatic amines is 1. The van der Waals surface area contributed by atoms with E-state index in [4.69, 9.17) is 21.5 Å². The van der Waals surface area contributed by atoms with E-state index < -0.39 is 12.1 Å². The molecule has 0 fully saturated rings. The van der Waals surface area contributed by atoms with Crippen LogP contribution in [-0.2, 0) is 16.0 Å². The Bertz CT molecular complexity index is 732. The first-order valence-electron chi connectivity index (χ1n) is 6.95. The number of benzene rings is 1. The van der Waals surface area contributed by atoms with Crippen LogP contribution in [-0.4, -0.2) is 33.4 Å². The van der Waals surface area contributed by atoms with Gasteiger partial charge in [0.2, 0.25) is 5.91 Å². The Hall–Kier alpha value is -2.55. The minimum Gasteiger partial charge on any atom is -0.475 e. The average Bonchev–Trinajstić information content (AvgIpc) is 2.91. The number of rotatable bonds is 4. The van der Waals surface area contributed by atoms with Crippen LogP contribution in [0.3, 0.4) is 0 Å². The van der Waals surface area contributed by atoms with Crippen LogP contribution in [0, 0.1) is 6.92 Å². The summed E-state index contributed by atoms with van der Waals surface area (Å²) in [5.41, 5.74) is 1.89. The molecular weight excluding hydrogens is 363 g/mol. The molecule has 6 nitrogen and oxygen atoms in total. The summed E-state index contributed by atoms with van der Waals surface area (Å²) in [4.78, 5) is 20.6. The van der Waals surface area contributed by atoms with Gasteiger partial charge in [-0.3, -0.25) is 9.89 Å². The molecule has 1 aromatic heterocycles. The van der Waals surface area contributed by atoms with E-state index in [2.05, 4.69) is 15.5 Å². The van der Waals surface area contributed by atoms with Crippen molar-refractivity contribution in [3.8, 4) is 0 Å². The second-order valence-electron chi connectivity index (χ2n) is 4.88. The van der Waals surface area contributed by atoms with Crippen LogP contribution in [0.2, 0.25) is 5.02 Å². The third-order valence-electron chi connectivity index (χ3n) is 2.80. The molecule has 2 rings (SSSR count). The molecule has 0 saturated heterocycles. The number of aromatic nitrogens is 2. The standard InChI is InChI=1S/C13H14ClN3O.C2HF3O2/c1-9-8-12(17-16-9)15-13(18)7-6-10-4-2-3-5-11(10)14;3-2(4,5)1(6)7/h2-5,8H,6-7H2,1H3,(H2,15,16,17,18);(H,6,7). The number of carboxylic acid groups (broad SMARTS) is 1. The fourth-order valence-electron chi connectivity index (χ4n) is 1.64. The molecule has 25 heavy (non-hydrogen) atoms. The van der Waals surface area contributed by atoms with Gasteiger partial charge in [-0.1, -0.05) is 29.8 Å². The molecule has 2 aromatic rings. The number of carboxylic acids is 1. The maximum Gasteiger partial charge on any atom is 0.490 e. The van der Waals surface area contributed by atoms with E-state index in [9.17, 15) is 18.0 Å². The number of amides is 1. The highest BCUT2D eigenvalue weighted by Gasteiger charge is 2.38. The third kappa shape index (κ3) is 7.71. The first-order valence-corrected chi connectivity index (χ1v) is 7.32. The van der Waals surface area contributed by atoms with Crippen LogP contribution in [0.5, 0.6) is 0 Å². The number of nitrogens with one attached hydrogen (secondary N) is 2. The summed E-state index contributed by atoms with van der Waals surface area (Å²) in [6.07, 6.45) is -4.08. The van der Waals surface area contributed by atoms with Gasteiger partial charge in [0.15, 0.2) is 5.82 Å². The van der Waals surface area contributed by atoms with Crippen LogP contribution in [0.15, 0.2) is 30.3 Å². The molecule has 1 amide bonds. The number of hydrogen-bond donors (Lipinski definition) is 3. The maximum absolute atomic E-state index is 11.7. The number of alkyl halides is 3. The van der Waals surface area contributed by atoms with E-state index in [0.717, 1.165) is 11.3 Å². The van der Waals surface area contributed by atoms with Gasteiger partial charge in [0, 0.05) is 23.2 Å². The second-order valence-corrected chi connectivity index (χ2v) is 5.29. The van der Waals surface area contributed by atoms with Crippen LogP contribution < -0.4 is 5.32 Å². The number of hydrogen-bond acceptors (Lipinski definition) is 3. The lowest BCUT2D eigenvalue weighted by atomic mass is 10.1. The van der Waals surface area contributed by atoms with Crippen LogP contribution >= 0.6 is 11.6 Å². The summed E-state index contributed by atoms with van der Waals surface area (Å²) in [5, 5.41) is 17.3. The van der Waals surface area contributed by atoms with E-state index >= 15 is 0 Å². The summed E-state index contributed by atoms with van der Waals surface area (Å²) in [7, 11) is 0. The van der Waals surface area contributed by atoms with E-state index in [1.807, 2.05) is 31.2 Å². The Labute approximate surface area is 146 Å². The van der Waals surface area contributed by atoms with Crippen molar-refractivity contribution in [2.45, 2.75) is 25.9 Å². The van der Waals surface area contributed by atoms with Crippen molar-refractivity contribution in [3.63, 3.8) is 0 Å². The van der Waals surface area contributed by atoms with Gasteiger partial charge in [-0.25, -0.2) is 4.79 Å². The van der Waals surface area contributed by atoms with E-state index in [-0.39, 0.29) is 5.91 Å². The van der Waals surface area contributed by atoms with Crippen molar-refractivity contribution in [1.29, 1.82) is 0 Å². The lowest BCUT2D eigenvalue weighted by Gasteiger charge is -2.04. The van der Waals surface area contributed by atoms with Crippen LogP contribution in [0.25, 0.3) is 0 Å². The predicted molar refractivity (Wildman–Crippen MR) is 85.4 cm³/mol. The highest BCUT2D eigenvalue weighted by atomic mass is 35.5. The van der Waals surface area contributed by atoms with Gasteiger partial charge >= 0.3 is 12.1 Å². The van der Waals surface area contributed by atoms with Crippen molar-refractivity contribution in [2.75, 3.05) is 5.32 Å². The van der Waals surface area contributed by atoms with Gasteiger partial charge in [-0.15, -0.1) is 0 Å². The third-order valence-corrected chi connectivity index (χ3v) is 3.16. The molecule has 0 radical (unpaired) electrons. The topological polar surface area (TPSA) is 95.1 Å². The molecular formula is C15H15ClF3N3O3. The molecule has 1 aromatic carbocycles. The molecule has 0 aliphatic rings. The molecule has 0 atom stereocenters. The molecule has 3 N–H and O–H groups in total. The predicted octanol–water partition coefficient (Wildman–Crippen LogP) is 3.58. The number of carbonyl (C=O) groups is 2. The fourth-order valence-corrected chi connectivity index (χ4v) is 1.87. The zero-order valence-electron chi connectivity index (χ0n) is 13.0. The minimum atomic E-state index is -5.08. The lowest BCUT2D eigenvalue weighted by Crippen LogP contribution is -2.21. The van der Waals surface area contributed by atoms with Crippen molar-refractivity contribution in [1.82, 2.24) is 10.2 Å². The van der Waals surface area contributed by atoms with E-state index in [0.29, 0.717) is 23.7 Å². The fraction of sp³-hybridized carbons (Fsp3) is 0.267. The van der Waals surface area contributed by atoms with Crippen molar-refractivity contribution < 1.29 is 27.9 Å². The van der Waals surface area contributed by atoms with Crippen molar-refractivity contribution in [2.24, 2.45) is 0 Å². The normalized spacial score (nSPS) is 10.6. The van der Waals surface area contributed by atoms with Gasteiger partial charge in [0.1, 0.15) is 0 Å². The minimum absolute atomic E-state index is 0.0681. The number of anilines is 1. The van der Waals surface area contributed by atoms with Gasteiger partial charge in [0.05, 0.1) is 0 Å². The Balaban J connectivity index is 0.000000381. The summed E-state index contributed by atoms with van der Waals surface area (Å²) >= 11 is 6.02. The molecule has 0 spiro atoms. The lowest BCUT2D eigenvalue weighted by molar-refractivity contribution is -0.192. The number of aliphatic carboxylic acids is 1. The Morgan fingerprint density at radius 2 is 1.92 bits per heavy atom. The SMILES string of the molecule is Cc1cc(NC(=O)CCc2ccccc2Cl)n[nH]1.O=C(O)C(F)(F)F. The first kappa shape index (κ1) is 20.5. The first-order chi connectivity index (χ1) is 11.6. The zero-order chi connectivity index (χ0) is 19.0. The number of halogens is 4. The molecule has 1 heterocycles. The van der Waals surface area contributed by atoms with E-state index in [1.54, 1.807) is 6.07 Å². The number of nitrogens with zero attached hydrogens (tertiary/aromatic N) is 1. The molecule has 136 valence electrons. The highest BCUT2D eigenvalue weighted by molar-refractivity contribution is 6.31. The largest absolute Gasteiger partial charge is 0.490 e. The van der Waals surface area contributed by atoms with Gasteiger partial charge < -0.3 is 10.4 Å². The van der Waals surface area contributed by atoms with Gasteiger partial charge in [-0.2, -0.15) is 18.3 Å². The monoisotopic (exact) mass is 377 g/mol. The summed E-state index contributed by atoms with van der Waals surface area (Å²) in [6, 6.07) is 9.32.